The molecular formula is C11H10ClFO. The summed E-state index contributed by atoms with van der Waals surface area (Å²) in [6, 6.07) is 4.21. The van der Waals surface area contributed by atoms with E-state index >= 15 is 0 Å². The maximum Gasteiger partial charge on any atom is 0.168 e. The predicted molar refractivity (Wildman–Crippen MR) is 53.1 cm³/mol. The minimum atomic E-state index is -0.505. The average Bonchev–Trinajstić information content (AvgIpc) is 2.00. The van der Waals surface area contributed by atoms with Crippen LogP contribution in [0.4, 0.5) is 4.39 Å². The minimum absolute atomic E-state index is 0.0330. The molecule has 2 rings (SSSR count). The summed E-state index contributed by atoms with van der Waals surface area (Å²) in [7, 11) is 0. The highest BCUT2D eigenvalue weighted by Gasteiger charge is 2.27. The van der Waals surface area contributed by atoms with Gasteiger partial charge in [-0.25, -0.2) is 4.39 Å². The van der Waals surface area contributed by atoms with Crippen molar-refractivity contribution in [1.29, 1.82) is 0 Å². The molecule has 0 aliphatic heterocycles. The summed E-state index contributed by atoms with van der Waals surface area (Å²) in [6.07, 6.45) is 2.85. The number of halogens is 2. The lowest BCUT2D eigenvalue weighted by atomic mass is 9.80. The van der Waals surface area contributed by atoms with Crippen molar-refractivity contribution in [3.63, 3.8) is 0 Å². The fourth-order valence-electron chi connectivity index (χ4n) is 1.58. The second-order valence-electron chi connectivity index (χ2n) is 3.62. The first-order valence-corrected chi connectivity index (χ1v) is 5.05. The Bertz CT molecular complexity index is 372. The van der Waals surface area contributed by atoms with Gasteiger partial charge in [-0.15, -0.1) is 0 Å². The summed E-state index contributed by atoms with van der Waals surface area (Å²) in [5, 5.41) is 0.327. The second kappa shape index (κ2) is 3.70. The lowest BCUT2D eigenvalue weighted by Crippen LogP contribution is -2.22. The van der Waals surface area contributed by atoms with Crippen LogP contribution in [0.25, 0.3) is 0 Å². The summed E-state index contributed by atoms with van der Waals surface area (Å²) < 4.78 is 13.3. The Labute approximate surface area is 86.9 Å². The summed E-state index contributed by atoms with van der Waals surface area (Å²) in [5.41, 5.74) is 0.180. The van der Waals surface area contributed by atoms with E-state index in [9.17, 15) is 9.18 Å². The Morgan fingerprint density at radius 3 is 2.64 bits per heavy atom. The van der Waals surface area contributed by atoms with Gasteiger partial charge in [0.1, 0.15) is 5.82 Å². The first kappa shape index (κ1) is 9.66. The highest BCUT2D eigenvalue weighted by molar-refractivity contribution is 6.30. The van der Waals surface area contributed by atoms with Crippen molar-refractivity contribution in [3.05, 3.63) is 34.6 Å². The average molecular weight is 213 g/mol. The van der Waals surface area contributed by atoms with Crippen LogP contribution < -0.4 is 0 Å². The van der Waals surface area contributed by atoms with Crippen molar-refractivity contribution in [1.82, 2.24) is 0 Å². The Kier molecular flexibility index (Phi) is 2.55. The molecule has 1 saturated carbocycles. The van der Waals surface area contributed by atoms with Crippen molar-refractivity contribution in [2.75, 3.05) is 0 Å². The van der Waals surface area contributed by atoms with Crippen LogP contribution in [0.5, 0.6) is 0 Å². The molecule has 74 valence electrons. The van der Waals surface area contributed by atoms with Crippen molar-refractivity contribution in [3.8, 4) is 0 Å². The van der Waals surface area contributed by atoms with Gasteiger partial charge in [0, 0.05) is 10.9 Å². The van der Waals surface area contributed by atoms with Gasteiger partial charge in [0.15, 0.2) is 5.78 Å². The van der Waals surface area contributed by atoms with Crippen LogP contribution in [0.15, 0.2) is 18.2 Å². The highest BCUT2D eigenvalue weighted by Crippen LogP contribution is 2.30. The largest absolute Gasteiger partial charge is 0.294 e. The molecule has 1 nitrogen and oxygen atoms in total. The molecule has 0 unspecified atom stereocenters. The molecule has 14 heavy (non-hydrogen) atoms. The summed E-state index contributed by atoms with van der Waals surface area (Å²) >= 11 is 5.60. The highest BCUT2D eigenvalue weighted by atomic mass is 35.5. The van der Waals surface area contributed by atoms with E-state index in [0.29, 0.717) is 5.02 Å². The fraction of sp³-hybridized carbons (Fsp3) is 0.364. The number of hydrogen-bond donors (Lipinski definition) is 0. The zero-order valence-corrected chi connectivity index (χ0v) is 8.35. The lowest BCUT2D eigenvalue weighted by molar-refractivity contribution is 0.0851. The molecule has 0 amide bonds. The molecule has 1 aromatic carbocycles. The standard InChI is InChI=1S/C11H10ClFO/c12-8-4-5-9(10(13)6-8)11(14)7-2-1-3-7/h4-7H,1-3H2. The van der Waals surface area contributed by atoms with Gasteiger partial charge in [-0.1, -0.05) is 18.0 Å². The van der Waals surface area contributed by atoms with Crippen LogP contribution in [0.3, 0.4) is 0 Å². The number of Topliss-reactive ketones (excluding diaryl/α,β-unsaturated/α-hetero) is 1. The third kappa shape index (κ3) is 1.67. The van der Waals surface area contributed by atoms with Gasteiger partial charge in [-0.3, -0.25) is 4.79 Å². The van der Waals surface area contributed by atoms with E-state index in [0.717, 1.165) is 19.3 Å². The first-order chi connectivity index (χ1) is 6.68. The van der Waals surface area contributed by atoms with E-state index in [1.54, 1.807) is 6.07 Å². The van der Waals surface area contributed by atoms with Crippen LogP contribution in [0.1, 0.15) is 29.6 Å². The van der Waals surface area contributed by atoms with E-state index in [-0.39, 0.29) is 17.3 Å². The Morgan fingerprint density at radius 2 is 2.14 bits per heavy atom. The Balaban J connectivity index is 2.26. The van der Waals surface area contributed by atoms with Gasteiger partial charge >= 0.3 is 0 Å². The smallest absolute Gasteiger partial charge is 0.168 e. The van der Waals surface area contributed by atoms with Crippen LogP contribution in [0.2, 0.25) is 5.02 Å². The van der Waals surface area contributed by atoms with Gasteiger partial charge in [0.05, 0.1) is 5.56 Å². The monoisotopic (exact) mass is 212 g/mol. The number of carbonyl (C=O) groups excluding carboxylic acids is 1. The molecule has 0 bridgehead atoms. The molecule has 1 fully saturated rings. The first-order valence-electron chi connectivity index (χ1n) is 4.68. The molecule has 0 atom stereocenters. The topological polar surface area (TPSA) is 17.1 Å². The third-order valence-electron chi connectivity index (χ3n) is 2.67. The second-order valence-corrected chi connectivity index (χ2v) is 4.05. The summed E-state index contributed by atoms with van der Waals surface area (Å²) in [5.74, 6) is -0.550. The minimum Gasteiger partial charge on any atom is -0.294 e. The van der Waals surface area contributed by atoms with Crippen LogP contribution >= 0.6 is 11.6 Å². The summed E-state index contributed by atoms with van der Waals surface area (Å²) in [4.78, 5) is 11.7. The third-order valence-corrected chi connectivity index (χ3v) is 2.91. The van der Waals surface area contributed by atoms with Gasteiger partial charge in [-0.2, -0.15) is 0 Å². The maximum absolute atomic E-state index is 13.3. The normalized spacial score (nSPS) is 16.4. The number of hydrogen-bond acceptors (Lipinski definition) is 1. The van der Waals surface area contributed by atoms with Crippen LogP contribution in [-0.2, 0) is 0 Å². The van der Waals surface area contributed by atoms with E-state index in [2.05, 4.69) is 0 Å². The van der Waals surface area contributed by atoms with E-state index < -0.39 is 5.82 Å². The number of ketones is 1. The lowest BCUT2D eigenvalue weighted by Gasteiger charge is -2.23. The molecule has 0 saturated heterocycles. The maximum atomic E-state index is 13.3. The molecule has 1 aromatic rings. The van der Waals surface area contributed by atoms with Gasteiger partial charge in [0.25, 0.3) is 0 Å². The molecule has 1 aliphatic rings. The molecule has 0 spiro atoms. The molecule has 3 heteroatoms. The van der Waals surface area contributed by atoms with Crippen molar-refractivity contribution in [2.45, 2.75) is 19.3 Å². The number of benzene rings is 1. The molecule has 0 heterocycles. The number of rotatable bonds is 2. The van der Waals surface area contributed by atoms with Crippen LogP contribution in [-0.4, -0.2) is 5.78 Å². The quantitative estimate of drug-likeness (QED) is 0.687. The van der Waals surface area contributed by atoms with Gasteiger partial charge < -0.3 is 0 Å². The zero-order valence-electron chi connectivity index (χ0n) is 7.59. The zero-order chi connectivity index (χ0) is 10.1. The fourth-order valence-corrected chi connectivity index (χ4v) is 1.74. The van der Waals surface area contributed by atoms with E-state index in [1.165, 1.54) is 12.1 Å². The molecule has 1 aliphatic carbocycles. The molecule has 0 N–H and O–H groups in total. The SMILES string of the molecule is O=C(c1ccc(Cl)cc1F)C1CCC1. The van der Waals surface area contributed by atoms with Crippen molar-refractivity contribution >= 4 is 17.4 Å². The van der Waals surface area contributed by atoms with Crippen molar-refractivity contribution in [2.24, 2.45) is 5.92 Å². The predicted octanol–water partition coefficient (Wildman–Crippen LogP) is 3.46. The summed E-state index contributed by atoms with van der Waals surface area (Å²) in [6.45, 7) is 0. The molecule has 0 radical (unpaired) electrons. The molecular weight excluding hydrogens is 203 g/mol. The van der Waals surface area contributed by atoms with Gasteiger partial charge in [0.2, 0.25) is 0 Å². The van der Waals surface area contributed by atoms with Gasteiger partial charge in [-0.05, 0) is 31.0 Å². The Hall–Kier alpha value is -0.890. The van der Waals surface area contributed by atoms with Crippen LogP contribution in [0, 0.1) is 11.7 Å². The molecule has 0 aromatic heterocycles. The van der Waals surface area contributed by atoms with E-state index in [4.69, 9.17) is 11.6 Å². The van der Waals surface area contributed by atoms with E-state index in [1.807, 2.05) is 0 Å². The Morgan fingerprint density at radius 1 is 1.43 bits per heavy atom. The number of carbonyl (C=O) groups is 1. The van der Waals surface area contributed by atoms with Crippen molar-refractivity contribution < 1.29 is 9.18 Å².